The highest BCUT2D eigenvalue weighted by Crippen LogP contribution is 2.25. The summed E-state index contributed by atoms with van der Waals surface area (Å²) in [6.07, 6.45) is 2.13. The van der Waals surface area contributed by atoms with Crippen molar-refractivity contribution in [2.45, 2.75) is 0 Å². The Morgan fingerprint density at radius 3 is 2.76 bits per heavy atom. The molecule has 0 radical (unpaired) electrons. The van der Waals surface area contributed by atoms with Crippen molar-refractivity contribution in [3.8, 4) is 11.4 Å². The molecule has 104 valence electrons. The van der Waals surface area contributed by atoms with Crippen molar-refractivity contribution >= 4 is 33.7 Å². The molecular formula is C15H9BrN2O3. The number of rotatable bonds is 3. The maximum absolute atomic E-state index is 11.1. The van der Waals surface area contributed by atoms with Gasteiger partial charge < -0.3 is 5.11 Å². The lowest BCUT2D eigenvalue weighted by Crippen LogP contribution is -1.99. The maximum Gasteiger partial charge on any atom is 0.337 e. The quantitative estimate of drug-likeness (QED) is 0.740. The molecule has 1 aromatic carbocycles. The number of carboxylic acid groups (broad SMARTS) is 1. The first-order valence-electron chi connectivity index (χ1n) is 6.06. The lowest BCUT2D eigenvalue weighted by Gasteiger charge is -2.03. The smallest absolute Gasteiger partial charge is 0.337 e. The van der Waals surface area contributed by atoms with Crippen molar-refractivity contribution < 1.29 is 14.7 Å². The Labute approximate surface area is 128 Å². The van der Waals surface area contributed by atoms with Gasteiger partial charge in [-0.2, -0.15) is 0 Å². The number of benzene rings is 1. The van der Waals surface area contributed by atoms with Gasteiger partial charge in [-0.15, -0.1) is 0 Å². The topological polar surface area (TPSA) is 71.7 Å². The zero-order chi connectivity index (χ0) is 15.0. The van der Waals surface area contributed by atoms with Crippen LogP contribution in [0.25, 0.3) is 16.9 Å². The summed E-state index contributed by atoms with van der Waals surface area (Å²) in [5.74, 6) is -0.505. The Morgan fingerprint density at radius 1 is 1.29 bits per heavy atom. The van der Waals surface area contributed by atoms with Crippen LogP contribution < -0.4 is 0 Å². The number of hydrogen-bond donors (Lipinski definition) is 1. The van der Waals surface area contributed by atoms with E-state index in [1.54, 1.807) is 10.5 Å². The highest BCUT2D eigenvalue weighted by molar-refractivity contribution is 9.10. The number of aldehydes is 1. The van der Waals surface area contributed by atoms with E-state index in [1.807, 2.05) is 24.3 Å². The number of nitrogens with zero attached hydrogens (tertiary/aromatic N) is 2. The average molecular weight is 345 g/mol. The lowest BCUT2D eigenvalue weighted by molar-refractivity contribution is 0.0696. The van der Waals surface area contributed by atoms with Crippen LogP contribution in [0.1, 0.15) is 20.8 Å². The highest BCUT2D eigenvalue weighted by Gasteiger charge is 2.14. The number of fused-ring (bicyclic) bond motifs is 1. The SMILES string of the molecule is O=Cc1nc(-c2cccc(Br)c2)n2cc(C(=O)O)ccc12. The van der Waals surface area contributed by atoms with Gasteiger partial charge in [-0.25, -0.2) is 9.78 Å². The summed E-state index contributed by atoms with van der Waals surface area (Å²) in [6, 6.07) is 10.5. The Morgan fingerprint density at radius 2 is 2.10 bits per heavy atom. The first-order valence-corrected chi connectivity index (χ1v) is 6.86. The van der Waals surface area contributed by atoms with Gasteiger partial charge in [0.15, 0.2) is 6.29 Å². The molecule has 0 fully saturated rings. The van der Waals surface area contributed by atoms with E-state index in [2.05, 4.69) is 20.9 Å². The fourth-order valence-corrected chi connectivity index (χ4v) is 2.55. The predicted molar refractivity (Wildman–Crippen MR) is 80.7 cm³/mol. The molecule has 1 N–H and O–H groups in total. The summed E-state index contributed by atoms with van der Waals surface area (Å²) in [5.41, 5.74) is 1.77. The molecule has 0 aliphatic rings. The van der Waals surface area contributed by atoms with Crippen LogP contribution in [0, 0.1) is 0 Å². The molecular weight excluding hydrogens is 336 g/mol. The molecule has 21 heavy (non-hydrogen) atoms. The highest BCUT2D eigenvalue weighted by atomic mass is 79.9. The average Bonchev–Trinajstić information content (AvgIpc) is 2.85. The molecule has 0 spiro atoms. The molecule has 5 nitrogen and oxygen atoms in total. The van der Waals surface area contributed by atoms with Crippen molar-refractivity contribution in [1.82, 2.24) is 9.38 Å². The fraction of sp³-hybridized carbons (Fsp3) is 0. The minimum atomic E-state index is -1.03. The summed E-state index contributed by atoms with van der Waals surface area (Å²) < 4.78 is 2.49. The normalized spacial score (nSPS) is 10.7. The summed E-state index contributed by atoms with van der Waals surface area (Å²) in [6.45, 7) is 0. The van der Waals surface area contributed by atoms with Crippen molar-refractivity contribution in [1.29, 1.82) is 0 Å². The number of aromatic carboxylic acids is 1. The van der Waals surface area contributed by atoms with Gasteiger partial charge >= 0.3 is 5.97 Å². The molecule has 0 saturated carbocycles. The molecule has 2 aromatic heterocycles. The minimum absolute atomic E-state index is 0.133. The molecule has 0 saturated heterocycles. The number of carboxylic acids is 1. The van der Waals surface area contributed by atoms with Gasteiger partial charge in [0.25, 0.3) is 0 Å². The van der Waals surface area contributed by atoms with E-state index in [9.17, 15) is 9.59 Å². The predicted octanol–water partition coefficient (Wildman–Crippen LogP) is 3.27. The van der Waals surface area contributed by atoms with Gasteiger partial charge in [0.1, 0.15) is 11.5 Å². The summed E-state index contributed by atoms with van der Waals surface area (Å²) in [5, 5.41) is 9.10. The van der Waals surface area contributed by atoms with Crippen LogP contribution in [0.5, 0.6) is 0 Å². The van der Waals surface area contributed by atoms with Crippen LogP contribution in [-0.2, 0) is 0 Å². The number of halogens is 1. The van der Waals surface area contributed by atoms with Gasteiger partial charge in [0.05, 0.1) is 11.1 Å². The summed E-state index contributed by atoms with van der Waals surface area (Å²) >= 11 is 3.38. The second-order valence-corrected chi connectivity index (χ2v) is 5.34. The van der Waals surface area contributed by atoms with E-state index in [0.717, 1.165) is 10.0 Å². The number of aromatic nitrogens is 2. The molecule has 0 amide bonds. The molecule has 0 bridgehead atoms. The molecule has 0 aliphatic heterocycles. The third-order valence-electron chi connectivity index (χ3n) is 3.11. The van der Waals surface area contributed by atoms with Crippen molar-refractivity contribution in [3.05, 3.63) is 58.3 Å². The Bertz CT molecular complexity index is 870. The number of imidazole rings is 1. The maximum atomic E-state index is 11.1. The number of carbonyl (C=O) groups is 2. The fourth-order valence-electron chi connectivity index (χ4n) is 2.15. The first-order chi connectivity index (χ1) is 10.1. The van der Waals surface area contributed by atoms with Crippen molar-refractivity contribution in [3.63, 3.8) is 0 Å². The Balaban J connectivity index is 2.33. The van der Waals surface area contributed by atoms with E-state index in [-0.39, 0.29) is 11.3 Å². The number of pyridine rings is 1. The molecule has 0 aliphatic carbocycles. The third kappa shape index (κ3) is 2.34. The van der Waals surface area contributed by atoms with Crippen molar-refractivity contribution in [2.24, 2.45) is 0 Å². The van der Waals surface area contributed by atoms with E-state index in [4.69, 9.17) is 5.11 Å². The standard InChI is InChI=1S/C15H9BrN2O3/c16-11-3-1-2-9(6-11)14-17-12(8-19)13-5-4-10(15(20)21)7-18(13)14/h1-8H,(H,20,21). The monoisotopic (exact) mass is 344 g/mol. The second-order valence-electron chi connectivity index (χ2n) is 4.43. The van der Waals surface area contributed by atoms with E-state index < -0.39 is 5.97 Å². The Hall–Kier alpha value is -2.47. The first kappa shape index (κ1) is 13.5. The van der Waals surface area contributed by atoms with Gasteiger partial charge in [-0.1, -0.05) is 28.1 Å². The van der Waals surface area contributed by atoms with Gasteiger partial charge in [0.2, 0.25) is 0 Å². The van der Waals surface area contributed by atoms with Crippen LogP contribution >= 0.6 is 15.9 Å². The van der Waals surface area contributed by atoms with Gasteiger partial charge in [-0.3, -0.25) is 9.20 Å². The van der Waals surface area contributed by atoms with Crippen molar-refractivity contribution in [2.75, 3.05) is 0 Å². The van der Waals surface area contributed by atoms with E-state index in [1.165, 1.54) is 12.3 Å². The molecule has 3 rings (SSSR count). The van der Waals surface area contributed by atoms with Crippen LogP contribution in [0.2, 0.25) is 0 Å². The molecule has 0 unspecified atom stereocenters. The van der Waals surface area contributed by atoms with Crippen LogP contribution in [0.4, 0.5) is 0 Å². The summed E-state index contributed by atoms with van der Waals surface area (Å²) in [4.78, 5) is 26.6. The van der Waals surface area contributed by atoms with Crippen LogP contribution in [-0.4, -0.2) is 26.7 Å². The molecule has 3 aromatic rings. The molecule has 0 atom stereocenters. The second kappa shape index (κ2) is 5.14. The van der Waals surface area contributed by atoms with Crippen LogP contribution in [0.15, 0.2) is 47.1 Å². The Kier molecular flexibility index (Phi) is 3.31. The lowest BCUT2D eigenvalue weighted by atomic mass is 10.2. The van der Waals surface area contributed by atoms with E-state index in [0.29, 0.717) is 17.6 Å². The third-order valence-corrected chi connectivity index (χ3v) is 3.60. The number of carbonyl (C=O) groups excluding carboxylic acids is 1. The molecule has 6 heteroatoms. The van der Waals surface area contributed by atoms with E-state index >= 15 is 0 Å². The number of hydrogen-bond acceptors (Lipinski definition) is 3. The zero-order valence-electron chi connectivity index (χ0n) is 10.7. The minimum Gasteiger partial charge on any atom is -0.478 e. The van der Waals surface area contributed by atoms with Crippen LogP contribution in [0.3, 0.4) is 0 Å². The van der Waals surface area contributed by atoms with Gasteiger partial charge in [-0.05, 0) is 24.3 Å². The zero-order valence-corrected chi connectivity index (χ0v) is 12.2. The largest absolute Gasteiger partial charge is 0.478 e. The van der Waals surface area contributed by atoms with Gasteiger partial charge in [0, 0.05) is 16.2 Å². The molecule has 2 heterocycles. The summed E-state index contributed by atoms with van der Waals surface area (Å²) in [7, 11) is 0.